The van der Waals surface area contributed by atoms with Crippen LogP contribution in [0.4, 0.5) is 5.82 Å². The number of aromatic nitrogens is 3. The maximum Gasteiger partial charge on any atom is 0.272 e. The number of pyridine rings is 3. The van der Waals surface area contributed by atoms with Crippen LogP contribution in [0.1, 0.15) is 16.1 Å². The number of nitrogens with two attached hydrogens (primary N) is 1. The molecule has 1 aliphatic rings. The smallest absolute Gasteiger partial charge is 0.272 e. The average Bonchev–Trinajstić information content (AvgIpc) is 3.09. The Labute approximate surface area is 192 Å². The number of hydrogen-bond acceptors (Lipinski definition) is 6. The second-order valence-corrected chi connectivity index (χ2v) is 8.31. The van der Waals surface area contributed by atoms with Crippen LogP contribution in [0.25, 0.3) is 22.2 Å². The highest BCUT2D eigenvalue weighted by Crippen LogP contribution is 2.21. The van der Waals surface area contributed by atoms with E-state index in [0.29, 0.717) is 43.5 Å². The van der Waals surface area contributed by atoms with Crippen molar-refractivity contribution in [1.29, 1.82) is 0 Å². The molecule has 1 amide bonds. The van der Waals surface area contributed by atoms with Crippen molar-refractivity contribution < 1.29 is 9.53 Å². The minimum absolute atomic E-state index is 0.0904. The number of hydrogen-bond donors (Lipinski definition) is 1. The highest BCUT2D eigenvalue weighted by molar-refractivity contribution is 5.93. The second-order valence-electron chi connectivity index (χ2n) is 8.31. The highest BCUT2D eigenvalue weighted by Gasteiger charge is 2.25. The molecule has 4 aromatic rings. The SMILES string of the molecule is Nc1ccc(-c2cccc(C(=O)N3CCOC[C@@H](Cc4cnc5ccccc5c4)C3)n2)cn1. The van der Waals surface area contributed by atoms with Gasteiger partial charge in [-0.25, -0.2) is 9.97 Å². The van der Waals surface area contributed by atoms with Crippen LogP contribution in [-0.2, 0) is 11.2 Å². The van der Waals surface area contributed by atoms with Gasteiger partial charge in [-0.2, -0.15) is 0 Å². The van der Waals surface area contributed by atoms with Gasteiger partial charge in [-0.1, -0.05) is 24.3 Å². The molecular formula is C26H25N5O2. The molecule has 1 atom stereocenters. The van der Waals surface area contributed by atoms with Crippen molar-refractivity contribution >= 4 is 22.6 Å². The van der Waals surface area contributed by atoms with E-state index in [1.165, 1.54) is 0 Å². The minimum Gasteiger partial charge on any atom is -0.384 e. The third-order valence-corrected chi connectivity index (χ3v) is 5.85. The summed E-state index contributed by atoms with van der Waals surface area (Å²) in [7, 11) is 0. The quantitative estimate of drug-likeness (QED) is 0.522. The number of rotatable bonds is 4. The Morgan fingerprint density at radius 3 is 2.85 bits per heavy atom. The first-order valence-electron chi connectivity index (χ1n) is 11.1. The summed E-state index contributed by atoms with van der Waals surface area (Å²) in [6.45, 7) is 2.28. The van der Waals surface area contributed by atoms with Crippen LogP contribution in [0, 0.1) is 5.92 Å². The number of nitrogens with zero attached hydrogens (tertiary/aromatic N) is 4. The van der Waals surface area contributed by atoms with Crippen molar-refractivity contribution in [3.05, 3.63) is 84.3 Å². The fourth-order valence-electron chi connectivity index (χ4n) is 4.18. The predicted molar refractivity (Wildman–Crippen MR) is 128 cm³/mol. The average molecular weight is 440 g/mol. The fourth-order valence-corrected chi connectivity index (χ4v) is 4.18. The number of amides is 1. The molecule has 2 N–H and O–H groups in total. The van der Waals surface area contributed by atoms with Crippen LogP contribution in [0.5, 0.6) is 0 Å². The van der Waals surface area contributed by atoms with E-state index in [4.69, 9.17) is 10.5 Å². The van der Waals surface area contributed by atoms with Gasteiger partial charge in [0, 0.05) is 42.4 Å². The van der Waals surface area contributed by atoms with Crippen LogP contribution >= 0.6 is 0 Å². The predicted octanol–water partition coefficient (Wildman–Crippen LogP) is 3.61. The lowest BCUT2D eigenvalue weighted by atomic mass is 9.99. The third-order valence-electron chi connectivity index (χ3n) is 5.85. The van der Waals surface area contributed by atoms with Gasteiger partial charge >= 0.3 is 0 Å². The van der Waals surface area contributed by atoms with Gasteiger partial charge in [0.1, 0.15) is 11.5 Å². The standard InChI is InChI=1S/C26H25N5O2/c27-25-9-8-21(15-29-25)23-6-3-7-24(30-23)26(32)31-10-11-33-17-19(16-31)12-18-13-20-4-1-2-5-22(20)28-14-18/h1-9,13-15,19H,10-12,16-17H2,(H2,27,29)/t19-/m0/s1. The molecule has 33 heavy (non-hydrogen) atoms. The Kier molecular flexibility index (Phi) is 5.95. The maximum absolute atomic E-state index is 13.3. The number of anilines is 1. The number of carbonyl (C=O) groups is 1. The molecule has 4 heterocycles. The molecule has 0 aliphatic carbocycles. The number of benzene rings is 1. The van der Waals surface area contributed by atoms with Gasteiger partial charge in [-0.05, 0) is 48.4 Å². The molecule has 166 valence electrons. The molecule has 0 saturated carbocycles. The van der Waals surface area contributed by atoms with Gasteiger partial charge in [0.05, 0.1) is 24.4 Å². The first-order valence-corrected chi connectivity index (χ1v) is 11.1. The summed E-state index contributed by atoms with van der Waals surface area (Å²) in [6, 6.07) is 19.3. The van der Waals surface area contributed by atoms with Gasteiger partial charge in [0.25, 0.3) is 5.91 Å². The topological polar surface area (TPSA) is 94.2 Å². The minimum atomic E-state index is -0.0904. The Bertz CT molecular complexity index is 1280. The van der Waals surface area contributed by atoms with E-state index in [1.54, 1.807) is 18.3 Å². The molecule has 1 saturated heterocycles. The molecule has 1 aromatic carbocycles. The van der Waals surface area contributed by atoms with E-state index in [2.05, 4.69) is 27.1 Å². The van der Waals surface area contributed by atoms with Crippen LogP contribution in [-0.4, -0.2) is 52.1 Å². The largest absolute Gasteiger partial charge is 0.384 e. The van der Waals surface area contributed by atoms with E-state index >= 15 is 0 Å². The van der Waals surface area contributed by atoms with Crippen molar-refractivity contribution in [2.45, 2.75) is 6.42 Å². The normalized spacial score (nSPS) is 16.5. The number of ether oxygens (including phenoxy) is 1. The van der Waals surface area contributed by atoms with Crippen LogP contribution < -0.4 is 5.73 Å². The summed E-state index contributed by atoms with van der Waals surface area (Å²) < 4.78 is 5.83. The van der Waals surface area contributed by atoms with Gasteiger partial charge in [0.2, 0.25) is 0 Å². The lowest BCUT2D eigenvalue weighted by Gasteiger charge is -2.23. The molecule has 7 heteroatoms. The van der Waals surface area contributed by atoms with Crippen molar-refractivity contribution in [3.8, 4) is 11.3 Å². The Balaban J connectivity index is 1.32. The van der Waals surface area contributed by atoms with E-state index < -0.39 is 0 Å². The molecule has 7 nitrogen and oxygen atoms in total. The van der Waals surface area contributed by atoms with Gasteiger partial charge in [-0.3, -0.25) is 9.78 Å². The summed E-state index contributed by atoms with van der Waals surface area (Å²) in [5.41, 5.74) is 9.74. The lowest BCUT2D eigenvalue weighted by Crippen LogP contribution is -2.36. The molecule has 0 bridgehead atoms. The van der Waals surface area contributed by atoms with Crippen LogP contribution in [0.2, 0.25) is 0 Å². The molecule has 0 unspecified atom stereocenters. The zero-order valence-electron chi connectivity index (χ0n) is 18.2. The summed E-state index contributed by atoms with van der Waals surface area (Å²) >= 11 is 0. The Morgan fingerprint density at radius 1 is 1.06 bits per heavy atom. The van der Waals surface area contributed by atoms with Crippen LogP contribution in [0.3, 0.4) is 0 Å². The third kappa shape index (κ3) is 4.83. The van der Waals surface area contributed by atoms with Crippen molar-refractivity contribution in [2.75, 3.05) is 32.0 Å². The molecule has 1 aliphatic heterocycles. The zero-order chi connectivity index (χ0) is 22.6. The summed E-state index contributed by atoms with van der Waals surface area (Å²) in [6.07, 6.45) is 4.39. The van der Waals surface area contributed by atoms with Gasteiger partial charge < -0.3 is 15.4 Å². The molecule has 5 rings (SSSR count). The summed E-state index contributed by atoms with van der Waals surface area (Å²) in [5, 5.41) is 1.12. The molecule has 0 radical (unpaired) electrons. The lowest BCUT2D eigenvalue weighted by molar-refractivity contribution is 0.0731. The number of para-hydroxylation sites is 1. The Hall–Kier alpha value is -3.84. The van der Waals surface area contributed by atoms with Gasteiger partial charge in [-0.15, -0.1) is 0 Å². The van der Waals surface area contributed by atoms with Crippen LogP contribution in [0.15, 0.2) is 73.1 Å². The summed E-state index contributed by atoms with van der Waals surface area (Å²) in [4.78, 5) is 28.5. The molecule has 1 fully saturated rings. The molecule has 3 aromatic heterocycles. The number of fused-ring (bicyclic) bond motifs is 1. The Morgan fingerprint density at radius 2 is 1.97 bits per heavy atom. The van der Waals surface area contributed by atoms with E-state index in [9.17, 15) is 4.79 Å². The monoisotopic (exact) mass is 439 g/mol. The second kappa shape index (κ2) is 9.34. The molecule has 0 spiro atoms. The first-order chi connectivity index (χ1) is 16.2. The van der Waals surface area contributed by atoms with E-state index in [1.807, 2.05) is 47.5 Å². The highest BCUT2D eigenvalue weighted by atomic mass is 16.5. The molecular weight excluding hydrogens is 414 g/mol. The zero-order valence-corrected chi connectivity index (χ0v) is 18.2. The van der Waals surface area contributed by atoms with Crippen molar-refractivity contribution in [1.82, 2.24) is 19.9 Å². The van der Waals surface area contributed by atoms with E-state index in [0.717, 1.165) is 28.5 Å². The fraction of sp³-hybridized carbons (Fsp3) is 0.231. The summed E-state index contributed by atoms with van der Waals surface area (Å²) in [5.74, 6) is 0.541. The van der Waals surface area contributed by atoms with Crippen molar-refractivity contribution in [2.24, 2.45) is 5.92 Å². The maximum atomic E-state index is 13.3. The van der Waals surface area contributed by atoms with Crippen molar-refractivity contribution in [3.63, 3.8) is 0 Å². The van der Waals surface area contributed by atoms with E-state index in [-0.39, 0.29) is 11.8 Å². The number of carbonyl (C=O) groups excluding carboxylic acids is 1. The number of nitrogen functional groups attached to an aromatic ring is 1. The van der Waals surface area contributed by atoms with Gasteiger partial charge in [0.15, 0.2) is 0 Å². The first kappa shape index (κ1) is 21.0.